The number of nitrogens with one attached hydrogen (secondary N) is 1. The lowest BCUT2D eigenvalue weighted by atomic mass is 10.1. The molecule has 0 aliphatic rings. The Morgan fingerprint density at radius 3 is 2.23 bits per heavy atom. The first-order chi connectivity index (χ1) is 14.4. The van der Waals surface area contributed by atoms with Crippen LogP contribution in [0.5, 0.6) is 11.5 Å². The minimum Gasteiger partial charge on any atom is -0.493 e. The van der Waals surface area contributed by atoms with Crippen molar-refractivity contribution in [2.45, 2.75) is 46.2 Å². The molecule has 0 fully saturated rings. The first-order valence-corrected chi connectivity index (χ1v) is 10.2. The molecule has 0 radical (unpaired) electrons. The number of hydrogen-bond acceptors (Lipinski definition) is 4. The molecule has 0 aromatic heterocycles. The van der Waals surface area contributed by atoms with Crippen LogP contribution in [0.4, 0.5) is 0 Å². The zero-order valence-corrected chi connectivity index (χ0v) is 18.5. The second-order valence-electron chi connectivity index (χ2n) is 7.27. The van der Waals surface area contributed by atoms with Gasteiger partial charge >= 0.3 is 0 Å². The second kappa shape index (κ2) is 11.2. The van der Waals surface area contributed by atoms with E-state index in [0.717, 1.165) is 16.7 Å². The molecular formula is C24H32N2O4. The number of carbonyl (C=O) groups is 2. The molecule has 0 saturated heterocycles. The Morgan fingerprint density at radius 1 is 1.00 bits per heavy atom. The van der Waals surface area contributed by atoms with Gasteiger partial charge in [0.1, 0.15) is 6.04 Å². The number of hydrogen-bond donors (Lipinski definition) is 1. The van der Waals surface area contributed by atoms with Gasteiger partial charge in [-0.25, -0.2) is 0 Å². The van der Waals surface area contributed by atoms with Gasteiger partial charge in [0, 0.05) is 19.5 Å². The number of nitrogens with zero attached hydrogens (tertiary/aromatic N) is 1. The molecule has 30 heavy (non-hydrogen) atoms. The van der Waals surface area contributed by atoms with Crippen LogP contribution in [0, 0.1) is 6.92 Å². The fourth-order valence-electron chi connectivity index (χ4n) is 3.23. The SMILES string of the molecule is CCNC(=O)[C@H](C)N(Cc1ccc(C)cc1)C(=O)CCc1ccc(OC)c(OC)c1. The molecule has 2 aromatic carbocycles. The van der Waals surface area contributed by atoms with Crippen LogP contribution >= 0.6 is 0 Å². The quantitative estimate of drug-likeness (QED) is 0.649. The van der Waals surface area contributed by atoms with E-state index >= 15 is 0 Å². The molecule has 0 spiro atoms. The van der Waals surface area contributed by atoms with Gasteiger partial charge in [0.25, 0.3) is 0 Å². The van der Waals surface area contributed by atoms with E-state index in [9.17, 15) is 9.59 Å². The molecule has 162 valence electrons. The molecule has 2 amide bonds. The fraction of sp³-hybridized carbons (Fsp3) is 0.417. The van der Waals surface area contributed by atoms with Crippen LogP contribution in [0.15, 0.2) is 42.5 Å². The molecule has 6 nitrogen and oxygen atoms in total. The average molecular weight is 413 g/mol. The summed E-state index contributed by atoms with van der Waals surface area (Å²) in [6, 6.07) is 13.1. The summed E-state index contributed by atoms with van der Waals surface area (Å²) in [5.41, 5.74) is 3.13. The molecule has 2 rings (SSSR count). The van der Waals surface area contributed by atoms with Gasteiger partial charge in [0.2, 0.25) is 11.8 Å². The van der Waals surface area contributed by atoms with E-state index in [1.165, 1.54) is 0 Å². The zero-order valence-electron chi connectivity index (χ0n) is 18.5. The maximum atomic E-state index is 13.1. The van der Waals surface area contributed by atoms with Gasteiger partial charge < -0.3 is 19.7 Å². The number of aryl methyl sites for hydroxylation is 2. The normalized spacial score (nSPS) is 11.5. The predicted octanol–water partition coefficient (Wildman–Crippen LogP) is 3.50. The van der Waals surface area contributed by atoms with Crippen molar-refractivity contribution in [2.24, 2.45) is 0 Å². The number of ether oxygens (including phenoxy) is 2. The molecule has 0 aliphatic heterocycles. The van der Waals surface area contributed by atoms with Crippen molar-refractivity contribution in [1.29, 1.82) is 0 Å². The molecule has 1 N–H and O–H groups in total. The monoisotopic (exact) mass is 412 g/mol. The van der Waals surface area contributed by atoms with Crippen LogP contribution in [0.25, 0.3) is 0 Å². The van der Waals surface area contributed by atoms with Crippen molar-refractivity contribution in [3.8, 4) is 11.5 Å². The summed E-state index contributed by atoms with van der Waals surface area (Å²) in [6.45, 7) is 6.58. The molecular weight excluding hydrogens is 380 g/mol. The van der Waals surface area contributed by atoms with Crippen LogP contribution in [-0.4, -0.2) is 43.5 Å². The van der Waals surface area contributed by atoms with Crippen molar-refractivity contribution >= 4 is 11.8 Å². The van der Waals surface area contributed by atoms with Gasteiger partial charge in [-0.3, -0.25) is 9.59 Å². The topological polar surface area (TPSA) is 67.9 Å². The summed E-state index contributed by atoms with van der Waals surface area (Å²) in [5, 5.41) is 2.81. The lowest BCUT2D eigenvalue weighted by molar-refractivity contribution is -0.140. The Balaban J connectivity index is 2.15. The van der Waals surface area contributed by atoms with Crippen LogP contribution in [0.3, 0.4) is 0 Å². The summed E-state index contributed by atoms with van der Waals surface area (Å²) in [4.78, 5) is 27.2. The standard InChI is InChI=1S/C24H32N2O4/c1-6-25-24(28)18(3)26(16-20-9-7-17(2)8-10-20)23(27)14-12-19-11-13-21(29-4)22(15-19)30-5/h7-11,13,15,18H,6,12,14,16H2,1-5H3,(H,25,28)/t18-/m0/s1. The van der Waals surface area contributed by atoms with Crippen LogP contribution in [-0.2, 0) is 22.6 Å². The minimum absolute atomic E-state index is 0.0656. The van der Waals surface area contributed by atoms with E-state index in [4.69, 9.17) is 9.47 Å². The highest BCUT2D eigenvalue weighted by atomic mass is 16.5. The van der Waals surface area contributed by atoms with Gasteiger partial charge in [-0.05, 0) is 50.5 Å². The summed E-state index contributed by atoms with van der Waals surface area (Å²) in [6.07, 6.45) is 0.844. The first kappa shape index (κ1) is 23.3. The molecule has 0 unspecified atom stereocenters. The highest BCUT2D eigenvalue weighted by molar-refractivity contribution is 5.87. The van der Waals surface area contributed by atoms with Crippen LogP contribution in [0.1, 0.15) is 37.0 Å². The third-order valence-corrected chi connectivity index (χ3v) is 5.07. The first-order valence-electron chi connectivity index (χ1n) is 10.2. The second-order valence-corrected chi connectivity index (χ2v) is 7.27. The lowest BCUT2D eigenvalue weighted by Crippen LogP contribution is -2.47. The number of benzene rings is 2. The van der Waals surface area contributed by atoms with Crippen molar-refractivity contribution in [1.82, 2.24) is 10.2 Å². The molecule has 0 heterocycles. The average Bonchev–Trinajstić information content (AvgIpc) is 2.76. The van der Waals surface area contributed by atoms with E-state index in [1.54, 1.807) is 26.0 Å². The van der Waals surface area contributed by atoms with Crippen molar-refractivity contribution < 1.29 is 19.1 Å². The molecule has 1 atom stereocenters. The van der Waals surface area contributed by atoms with Crippen LogP contribution < -0.4 is 14.8 Å². The molecule has 0 aliphatic carbocycles. The van der Waals surface area contributed by atoms with E-state index in [-0.39, 0.29) is 11.8 Å². The van der Waals surface area contributed by atoms with Gasteiger partial charge in [-0.15, -0.1) is 0 Å². The third kappa shape index (κ3) is 6.24. The Labute approximate surface area is 179 Å². The van der Waals surface area contributed by atoms with E-state index in [1.807, 2.05) is 56.3 Å². The van der Waals surface area contributed by atoms with Gasteiger partial charge in [0.05, 0.1) is 14.2 Å². The Kier molecular flexibility index (Phi) is 8.71. The zero-order chi connectivity index (χ0) is 22.1. The number of carbonyl (C=O) groups excluding carboxylic acids is 2. The Bertz CT molecular complexity index is 849. The maximum Gasteiger partial charge on any atom is 0.242 e. The maximum absolute atomic E-state index is 13.1. The fourth-order valence-corrected chi connectivity index (χ4v) is 3.23. The molecule has 2 aromatic rings. The summed E-state index contributed by atoms with van der Waals surface area (Å²) in [7, 11) is 3.18. The van der Waals surface area contributed by atoms with Crippen LogP contribution in [0.2, 0.25) is 0 Å². The van der Waals surface area contributed by atoms with E-state index in [0.29, 0.717) is 37.4 Å². The lowest BCUT2D eigenvalue weighted by Gasteiger charge is -2.29. The van der Waals surface area contributed by atoms with E-state index < -0.39 is 6.04 Å². The van der Waals surface area contributed by atoms with Crippen molar-refractivity contribution in [2.75, 3.05) is 20.8 Å². The van der Waals surface area contributed by atoms with Gasteiger partial charge in [0.15, 0.2) is 11.5 Å². The smallest absolute Gasteiger partial charge is 0.242 e. The highest BCUT2D eigenvalue weighted by Crippen LogP contribution is 2.28. The molecule has 6 heteroatoms. The highest BCUT2D eigenvalue weighted by Gasteiger charge is 2.25. The predicted molar refractivity (Wildman–Crippen MR) is 118 cm³/mol. The summed E-state index contributed by atoms with van der Waals surface area (Å²) < 4.78 is 10.6. The number of methoxy groups -OCH3 is 2. The number of amides is 2. The molecule has 0 bridgehead atoms. The van der Waals surface area contributed by atoms with Crippen molar-refractivity contribution in [3.05, 3.63) is 59.2 Å². The van der Waals surface area contributed by atoms with Gasteiger partial charge in [-0.1, -0.05) is 35.9 Å². The third-order valence-electron chi connectivity index (χ3n) is 5.07. The molecule has 0 saturated carbocycles. The Hall–Kier alpha value is -3.02. The summed E-state index contributed by atoms with van der Waals surface area (Å²) >= 11 is 0. The summed E-state index contributed by atoms with van der Waals surface area (Å²) in [5.74, 6) is 1.07. The number of likely N-dealkylation sites (N-methyl/N-ethyl adjacent to an activating group) is 1. The van der Waals surface area contributed by atoms with Crippen molar-refractivity contribution in [3.63, 3.8) is 0 Å². The van der Waals surface area contributed by atoms with E-state index in [2.05, 4.69) is 5.32 Å². The van der Waals surface area contributed by atoms with Gasteiger partial charge in [-0.2, -0.15) is 0 Å². The number of rotatable bonds is 10. The largest absolute Gasteiger partial charge is 0.493 e. The Morgan fingerprint density at radius 2 is 1.63 bits per heavy atom. The minimum atomic E-state index is -0.552.